The van der Waals surface area contributed by atoms with Gasteiger partial charge < -0.3 is 19.7 Å². The monoisotopic (exact) mass is 300 g/mol. The minimum Gasteiger partial charge on any atom is -0.394 e. The van der Waals surface area contributed by atoms with E-state index in [4.69, 9.17) is 9.47 Å². The Bertz CT molecular complexity index is 607. The zero-order valence-electron chi connectivity index (χ0n) is 12.1. The van der Waals surface area contributed by atoms with Crippen molar-refractivity contribution in [1.82, 2.24) is 9.55 Å². The van der Waals surface area contributed by atoms with Gasteiger partial charge in [-0.05, 0) is 13.8 Å². The van der Waals surface area contributed by atoms with E-state index in [-0.39, 0.29) is 6.61 Å². The van der Waals surface area contributed by atoms with Crippen molar-refractivity contribution in [3.05, 3.63) is 33.1 Å². The molecule has 1 aromatic heterocycles. The molecule has 1 aliphatic heterocycles. The molecule has 0 aromatic carbocycles. The molecule has 4 atom stereocenters. The van der Waals surface area contributed by atoms with Crippen LogP contribution in [0.15, 0.2) is 21.9 Å². The van der Waals surface area contributed by atoms with Crippen molar-refractivity contribution in [3.63, 3.8) is 0 Å². The Morgan fingerprint density at radius 3 is 2.67 bits per heavy atom. The number of hydrogen-bond donors (Lipinski definition) is 3. The van der Waals surface area contributed by atoms with E-state index in [9.17, 15) is 19.8 Å². The molecule has 4 unspecified atom stereocenters. The number of aromatic amines is 1. The van der Waals surface area contributed by atoms with Crippen molar-refractivity contribution in [2.24, 2.45) is 5.92 Å². The maximum Gasteiger partial charge on any atom is 0.330 e. The van der Waals surface area contributed by atoms with Crippen LogP contribution in [0.4, 0.5) is 0 Å². The van der Waals surface area contributed by atoms with E-state index in [0.29, 0.717) is 0 Å². The van der Waals surface area contributed by atoms with Crippen LogP contribution >= 0.6 is 0 Å². The lowest BCUT2D eigenvalue weighted by Crippen LogP contribution is -2.46. The zero-order valence-corrected chi connectivity index (χ0v) is 12.1. The number of nitrogens with zero attached hydrogens (tertiary/aromatic N) is 1. The summed E-state index contributed by atoms with van der Waals surface area (Å²) in [5, 5.41) is 19.6. The summed E-state index contributed by atoms with van der Waals surface area (Å²) in [6.45, 7) is 3.13. The number of nitrogens with one attached hydrogen (secondary N) is 1. The summed E-state index contributed by atoms with van der Waals surface area (Å²) in [5.41, 5.74) is -1.96. The molecule has 0 saturated carbocycles. The van der Waals surface area contributed by atoms with Crippen LogP contribution in [-0.2, 0) is 9.47 Å². The minimum absolute atomic E-state index is 0.383. The third-order valence-corrected chi connectivity index (χ3v) is 4.00. The van der Waals surface area contributed by atoms with E-state index in [1.807, 2.05) is 0 Å². The van der Waals surface area contributed by atoms with Gasteiger partial charge in [0.05, 0.1) is 24.2 Å². The fourth-order valence-electron chi connectivity index (χ4n) is 2.65. The summed E-state index contributed by atoms with van der Waals surface area (Å²) in [7, 11) is 1.49. The molecular formula is C13H20N2O6. The van der Waals surface area contributed by atoms with E-state index in [1.54, 1.807) is 13.8 Å². The molecule has 0 amide bonds. The number of ether oxygens (including phenoxy) is 2. The predicted molar refractivity (Wildman–Crippen MR) is 72.9 cm³/mol. The first-order chi connectivity index (χ1) is 9.81. The summed E-state index contributed by atoms with van der Waals surface area (Å²) in [5.74, 6) is -0.594. The molecule has 2 rings (SSSR count). The van der Waals surface area contributed by atoms with Crippen LogP contribution in [0.3, 0.4) is 0 Å². The number of hydrogen-bond acceptors (Lipinski definition) is 6. The minimum atomic E-state index is -1.01. The molecule has 0 aliphatic carbocycles. The number of aliphatic hydroxyl groups is 2. The van der Waals surface area contributed by atoms with Gasteiger partial charge in [0.25, 0.3) is 5.56 Å². The SMILES string of the molecule is COC(C)(C)C1C(O)C(CO)OC1n1ccc(=O)[nH]c1=O. The number of rotatable bonds is 4. The Labute approximate surface area is 120 Å². The van der Waals surface area contributed by atoms with Gasteiger partial charge in [-0.2, -0.15) is 0 Å². The van der Waals surface area contributed by atoms with Crippen LogP contribution in [0.2, 0.25) is 0 Å². The second-order valence-corrected chi connectivity index (χ2v) is 5.59. The highest BCUT2D eigenvalue weighted by Gasteiger charge is 2.52. The average Bonchev–Trinajstić information content (AvgIpc) is 2.76. The van der Waals surface area contributed by atoms with Gasteiger partial charge in [0.2, 0.25) is 0 Å². The molecule has 1 aromatic rings. The smallest absolute Gasteiger partial charge is 0.330 e. The third kappa shape index (κ3) is 2.80. The fourth-order valence-corrected chi connectivity index (χ4v) is 2.65. The first-order valence-electron chi connectivity index (χ1n) is 6.63. The van der Waals surface area contributed by atoms with Crippen LogP contribution in [0, 0.1) is 5.92 Å². The largest absolute Gasteiger partial charge is 0.394 e. The maximum atomic E-state index is 11.9. The number of aliphatic hydroxyl groups excluding tert-OH is 2. The van der Waals surface area contributed by atoms with Crippen molar-refractivity contribution < 1.29 is 19.7 Å². The molecule has 0 bridgehead atoms. The van der Waals surface area contributed by atoms with Crippen LogP contribution < -0.4 is 11.2 Å². The first kappa shape index (κ1) is 15.9. The van der Waals surface area contributed by atoms with Gasteiger partial charge in [-0.3, -0.25) is 14.3 Å². The van der Waals surface area contributed by atoms with Gasteiger partial charge in [0, 0.05) is 19.4 Å². The summed E-state index contributed by atoms with van der Waals surface area (Å²) in [4.78, 5) is 25.2. The molecule has 1 fully saturated rings. The molecule has 2 heterocycles. The quantitative estimate of drug-likeness (QED) is 0.645. The van der Waals surface area contributed by atoms with Crippen LogP contribution in [-0.4, -0.2) is 51.3 Å². The van der Waals surface area contributed by atoms with E-state index >= 15 is 0 Å². The molecule has 0 radical (unpaired) electrons. The topological polar surface area (TPSA) is 114 Å². The van der Waals surface area contributed by atoms with Crippen molar-refractivity contribution in [2.45, 2.75) is 37.9 Å². The van der Waals surface area contributed by atoms with Crippen molar-refractivity contribution >= 4 is 0 Å². The molecule has 0 spiro atoms. The van der Waals surface area contributed by atoms with Crippen LogP contribution in [0.5, 0.6) is 0 Å². The van der Waals surface area contributed by atoms with Gasteiger partial charge >= 0.3 is 5.69 Å². The lowest BCUT2D eigenvalue weighted by molar-refractivity contribution is -0.0968. The lowest BCUT2D eigenvalue weighted by atomic mass is 9.84. The molecule has 1 saturated heterocycles. The summed E-state index contributed by atoms with van der Waals surface area (Å²) >= 11 is 0. The first-order valence-corrected chi connectivity index (χ1v) is 6.63. The number of aromatic nitrogens is 2. The van der Waals surface area contributed by atoms with E-state index in [2.05, 4.69) is 4.98 Å². The average molecular weight is 300 g/mol. The highest BCUT2D eigenvalue weighted by atomic mass is 16.6. The number of H-pyrrole nitrogens is 1. The van der Waals surface area contributed by atoms with Crippen LogP contribution in [0.1, 0.15) is 20.1 Å². The Balaban J connectivity index is 2.49. The number of methoxy groups -OCH3 is 1. The van der Waals surface area contributed by atoms with Gasteiger partial charge in [0.1, 0.15) is 12.3 Å². The van der Waals surface area contributed by atoms with Gasteiger partial charge in [-0.15, -0.1) is 0 Å². The normalized spacial score (nSPS) is 29.8. The predicted octanol–water partition coefficient (Wildman–Crippen LogP) is -1.17. The Morgan fingerprint density at radius 2 is 2.14 bits per heavy atom. The second-order valence-electron chi connectivity index (χ2n) is 5.59. The maximum absolute atomic E-state index is 11.9. The lowest BCUT2D eigenvalue weighted by Gasteiger charge is -2.35. The summed E-state index contributed by atoms with van der Waals surface area (Å²) < 4.78 is 12.2. The van der Waals surface area contributed by atoms with E-state index < -0.39 is 41.2 Å². The molecule has 21 heavy (non-hydrogen) atoms. The van der Waals surface area contributed by atoms with Crippen molar-refractivity contribution in [2.75, 3.05) is 13.7 Å². The Kier molecular flexibility index (Phi) is 4.33. The van der Waals surface area contributed by atoms with Gasteiger partial charge in [-0.25, -0.2) is 4.79 Å². The van der Waals surface area contributed by atoms with E-state index in [0.717, 1.165) is 0 Å². The molecule has 118 valence electrons. The second kappa shape index (κ2) is 5.72. The van der Waals surface area contributed by atoms with Crippen molar-refractivity contribution in [3.8, 4) is 0 Å². The molecular weight excluding hydrogens is 280 g/mol. The molecule has 1 aliphatic rings. The zero-order chi connectivity index (χ0) is 15.8. The fraction of sp³-hybridized carbons (Fsp3) is 0.692. The summed E-state index contributed by atoms with van der Waals surface area (Å²) in [6, 6.07) is 1.19. The Morgan fingerprint density at radius 1 is 1.48 bits per heavy atom. The highest BCUT2D eigenvalue weighted by molar-refractivity contribution is 4.99. The molecule has 8 nitrogen and oxygen atoms in total. The van der Waals surface area contributed by atoms with Gasteiger partial charge in [-0.1, -0.05) is 0 Å². The van der Waals surface area contributed by atoms with E-state index in [1.165, 1.54) is 23.9 Å². The summed E-state index contributed by atoms with van der Waals surface area (Å²) in [6.07, 6.45) is -1.38. The molecule has 3 N–H and O–H groups in total. The molecule has 8 heteroatoms. The van der Waals surface area contributed by atoms with Crippen molar-refractivity contribution in [1.29, 1.82) is 0 Å². The third-order valence-electron chi connectivity index (χ3n) is 4.00. The van der Waals surface area contributed by atoms with Crippen LogP contribution in [0.25, 0.3) is 0 Å². The highest BCUT2D eigenvalue weighted by Crippen LogP contribution is 2.41. The van der Waals surface area contributed by atoms with Gasteiger partial charge in [0.15, 0.2) is 0 Å². The standard InChI is InChI=1S/C13H20N2O6/c1-13(2,20-3)9-10(18)7(6-16)21-11(9)15-5-4-8(17)14-12(15)19/h4-5,7,9-11,16,18H,6H2,1-3H3,(H,14,17,19). The Hall–Kier alpha value is -1.48.